The van der Waals surface area contributed by atoms with Gasteiger partial charge >= 0.3 is 0 Å². The van der Waals surface area contributed by atoms with Gasteiger partial charge in [-0.25, -0.2) is 0 Å². The largest absolute Gasteiger partial charge is 0.507 e. The molecule has 88 valence electrons. The Labute approximate surface area is 98.9 Å². The lowest BCUT2D eigenvalue weighted by molar-refractivity contribution is 0.0947. The molecule has 0 aliphatic carbocycles. The fourth-order valence-corrected chi connectivity index (χ4v) is 1.46. The number of unbranched alkanes of at least 4 members (excludes halogenated alkanes) is 1. The smallest absolute Gasteiger partial charge is 0.258 e. The van der Waals surface area contributed by atoms with Crippen LogP contribution in [0.15, 0.2) is 18.2 Å². The number of alkyl halides is 1. The highest BCUT2D eigenvalue weighted by Gasteiger charge is 2.14. The van der Waals surface area contributed by atoms with Crippen LogP contribution >= 0.6 is 11.6 Å². The van der Waals surface area contributed by atoms with Crippen LogP contribution < -0.4 is 5.32 Å². The third kappa shape index (κ3) is 3.31. The van der Waals surface area contributed by atoms with Crippen molar-refractivity contribution in [2.24, 2.45) is 0 Å². The Kier molecular flexibility index (Phi) is 4.92. The van der Waals surface area contributed by atoms with Gasteiger partial charge < -0.3 is 15.5 Å². The van der Waals surface area contributed by atoms with Crippen molar-refractivity contribution in [2.45, 2.75) is 12.8 Å². The summed E-state index contributed by atoms with van der Waals surface area (Å²) >= 11 is 5.49. The number of phenolic OH excluding ortho intramolecular Hbond substituents is 2. The normalized spacial score (nSPS) is 10.1. The van der Waals surface area contributed by atoms with Crippen LogP contribution in [0, 0.1) is 0 Å². The number of hydrogen-bond donors (Lipinski definition) is 3. The molecular weight excluding hydrogens is 230 g/mol. The first kappa shape index (κ1) is 12.6. The molecule has 16 heavy (non-hydrogen) atoms. The molecule has 5 heteroatoms. The van der Waals surface area contributed by atoms with Crippen molar-refractivity contribution in [1.82, 2.24) is 5.32 Å². The van der Waals surface area contributed by atoms with Gasteiger partial charge in [0.15, 0.2) is 0 Å². The van der Waals surface area contributed by atoms with Crippen LogP contribution in [0.25, 0.3) is 0 Å². The second-order valence-electron chi connectivity index (χ2n) is 3.32. The molecule has 0 aliphatic rings. The van der Waals surface area contributed by atoms with Gasteiger partial charge in [-0.15, -0.1) is 11.6 Å². The van der Waals surface area contributed by atoms with Crippen LogP contribution in [0.3, 0.4) is 0 Å². The van der Waals surface area contributed by atoms with Gasteiger partial charge in [0.05, 0.1) is 0 Å². The van der Waals surface area contributed by atoms with Crippen LogP contribution in [0.5, 0.6) is 11.5 Å². The molecule has 0 radical (unpaired) electrons. The Morgan fingerprint density at radius 1 is 1.25 bits per heavy atom. The first-order chi connectivity index (χ1) is 7.66. The first-order valence-electron chi connectivity index (χ1n) is 5.02. The van der Waals surface area contributed by atoms with Crippen molar-refractivity contribution in [3.05, 3.63) is 23.8 Å². The molecule has 3 N–H and O–H groups in total. The molecule has 0 aliphatic heterocycles. The number of nitrogens with one attached hydrogen (secondary N) is 1. The number of amides is 1. The van der Waals surface area contributed by atoms with Crippen molar-refractivity contribution in [3.63, 3.8) is 0 Å². The number of halogens is 1. The number of rotatable bonds is 5. The summed E-state index contributed by atoms with van der Waals surface area (Å²) in [6.45, 7) is 0.472. The lowest BCUT2D eigenvalue weighted by Gasteiger charge is -2.07. The summed E-state index contributed by atoms with van der Waals surface area (Å²) in [7, 11) is 0. The summed E-state index contributed by atoms with van der Waals surface area (Å²) in [6.07, 6.45) is 1.58. The van der Waals surface area contributed by atoms with Gasteiger partial charge in [-0.1, -0.05) is 6.07 Å². The zero-order valence-corrected chi connectivity index (χ0v) is 9.50. The van der Waals surface area contributed by atoms with Gasteiger partial charge in [0, 0.05) is 12.4 Å². The summed E-state index contributed by atoms with van der Waals surface area (Å²) in [5, 5.41) is 21.4. The fourth-order valence-electron chi connectivity index (χ4n) is 1.27. The van der Waals surface area contributed by atoms with Crippen LogP contribution in [-0.4, -0.2) is 28.5 Å². The van der Waals surface area contributed by atoms with E-state index in [1.165, 1.54) is 18.2 Å². The van der Waals surface area contributed by atoms with Crippen molar-refractivity contribution in [1.29, 1.82) is 0 Å². The molecule has 1 aromatic carbocycles. The quantitative estimate of drug-likeness (QED) is 0.546. The lowest BCUT2D eigenvalue weighted by Crippen LogP contribution is -2.24. The zero-order chi connectivity index (χ0) is 12.0. The van der Waals surface area contributed by atoms with E-state index in [1.54, 1.807) is 0 Å². The van der Waals surface area contributed by atoms with Crippen LogP contribution in [-0.2, 0) is 0 Å². The average Bonchev–Trinajstić information content (AvgIpc) is 2.24. The Morgan fingerprint density at radius 2 is 1.88 bits per heavy atom. The SMILES string of the molecule is O=C(NCCCCCl)c1c(O)cccc1O. The molecule has 0 saturated heterocycles. The van der Waals surface area contributed by atoms with Gasteiger partial charge in [0.1, 0.15) is 17.1 Å². The standard InChI is InChI=1S/C11H14ClNO3/c12-6-1-2-7-13-11(16)10-8(14)4-3-5-9(10)15/h3-5,14-15H,1-2,6-7H2,(H,13,16). The predicted molar refractivity (Wildman–Crippen MR) is 62.1 cm³/mol. The van der Waals surface area contributed by atoms with Crippen molar-refractivity contribution >= 4 is 17.5 Å². The van der Waals surface area contributed by atoms with Gasteiger partial charge in [-0.2, -0.15) is 0 Å². The number of phenols is 2. The maximum absolute atomic E-state index is 11.6. The maximum Gasteiger partial charge on any atom is 0.258 e. The molecule has 0 unspecified atom stereocenters. The highest BCUT2D eigenvalue weighted by molar-refractivity contribution is 6.17. The van der Waals surface area contributed by atoms with Crippen molar-refractivity contribution in [2.75, 3.05) is 12.4 Å². The number of benzene rings is 1. The summed E-state index contributed by atoms with van der Waals surface area (Å²) < 4.78 is 0. The Bertz CT molecular complexity index is 348. The molecule has 1 aromatic rings. The van der Waals surface area contributed by atoms with E-state index in [0.29, 0.717) is 12.4 Å². The van der Waals surface area contributed by atoms with E-state index in [9.17, 15) is 15.0 Å². The highest BCUT2D eigenvalue weighted by atomic mass is 35.5. The molecule has 4 nitrogen and oxygen atoms in total. The number of aromatic hydroxyl groups is 2. The fraction of sp³-hybridized carbons (Fsp3) is 0.364. The Morgan fingerprint density at radius 3 is 2.44 bits per heavy atom. The topological polar surface area (TPSA) is 69.6 Å². The zero-order valence-electron chi connectivity index (χ0n) is 8.74. The summed E-state index contributed by atoms with van der Waals surface area (Å²) in [5.41, 5.74) is -0.0895. The number of carbonyl (C=O) groups excluding carboxylic acids is 1. The van der Waals surface area contributed by atoms with Crippen LogP contribution in [0.2, 0.25) is 0 Å². The van der Waals surface area contributed by atoms with E-state index in [-0.39, 0.29) is 17.1 Å². The molecule has 0 saturated carbocycles. The molecule has 0 heterocycles. The number of hydrogen-bond acceptors (Lipinski definition) is 3. The van der Waals surface area contributed by atoms with Gasteiger partial charge in [0.2, 0.25) is 0 Å². The minimum Gasteiger partial charge on any atom is -0.507 e. The number of carbonyl (C=O) groups is 1. The van der Waals surface area contributed by atoms with Crippen molar-refractivity contribution in [3.8, 4) is 11.5 Å². The predicted octanol–water partition coefficient (Wildman–Crippen LogP) is 1.85. The Balaban J connectivity index is 2.59. The van der Waals surface area contributed by atoms with E-state index in [1.807, 2.05) is 0 Å². The lowest BCUT2D eigenvalue weighted by atomic mass is 10.1. The molecule has 0 aromatic heterocycles. The van der Waals surface area contributed by atoms with E-state index < -0.39 is 5.91 Å². The van der Waals surface area contributed by atoms with Gasteiger partial charge in [-0.3, -0.25) is 4.79 Å². The van der Waals surface area contributed by atoms with Gasteiger partial charge in [0.25, 0.3) is 5.91 Å². The summed E-state index contributed by atoms with van der Waals surface area (Å²) in [4.78, 5) is 11.6. The molecule has 0 spiro atoms. The van der Waals surface area contributed by atoms with Crippen molar-refractivity contribution < 1.29 is 15.0 Å². The highest BCUT2D eigenvalue weighted by Crippen LogP contribution is 2.25. The third-order valence-electron chi connectivity index (χ3n) is 2.09. The minimum absolute atomic E-state index is 0.0895. The van der Waals surface area contributed by atoms with Crippen LogP contribution in [0.1, 0.15) is 23.2 Å². The molecule has 0 bridgehead atoms. The molecular formula is C11H14ClNO3. The summed E-state index contributed by atoms with van der Waals surface area (Å²) in [5.74, 6) is -0.382. The molecule has 1 rings (SSSR count). The average molecular weight is 244 g/mol. The Hall–Kier alpha value is -1.42. The van der Waals surface area contributed by atoms with E-state index in [0.717, 1.165) is 12.8 Å². The molecule has 0 atom stereocenters. The van der Waals surface area contributed by atoms with Gasteiger partial charge in [-0.05, 0) is 25.0 Å². The van der Waals surface area contributed by atoms with E-state index >= 15 is 0 Å². The monoisotopic (exact) mass is 243 g/mol. The second-order valence-corrected chi connectivity index (χ2v) is 3.70. The molecule has 1 amide bonds. The maximum atomic E-state index is 11.6. The molecule has 0 fully saturated rings. The third-order valence-corrected chi connectivity index (χ3v) is 2.36. The first-order valence-corrected chi connectivity index (χ1v) is 5.55. The van der Waals surface area contributed by atoms with E-state index in [2.05, 4.69) is 5.32 Å². The van der Waals surface area contributed by atoms with E-state index in [4.69, 9.17) is 11.6 Å². The van der Waals surface area contributed by atoms with Crippen LogP contribution in [0.4, 0.5) is 0 Å². The summed E-state index contributed by atoms with van der Waals surface area (Å²) in [6, 6.07) is 4.18. The second kappa shape index (κ2) is 6.23. The minimum atomic E-state index is -0.481.